The first-order valence-electron chi connectivity index (χ1n) is 6.62. The van der Waals surface area contributed by atoms with Crippen molar-refractivity contribution in [1.82, 2.24) is 4.57 Å². The minimum Gasteiger partial charge on any atom is -0.368 e. The van der Waals surface area contributed by atoms with Crippen molar-refractivity contribution in [1.29, 1.82) is 0 Å². The van der Waals surface area contributed by atoms with Gasteiger partial charge in [0, 0.05) is 5.69 Å². The number of nitrogens with two attached hydrogens (primary N) is 1. The predicted octanol–water partition coefficient (Wildman–Crippen LogP) is 0.880. The fourth-order valence-electron chi connectivity index (χ4n) is 1.96. The summed E-state index contributed by atoms with van der Waals surface area (Å²) in [7, 11) is -3.85. The Hall–Kier alpha value is -2.41. The van der Waals surface area contributed by atoms with Gasteiger partial charge in [0.2, 0.25) is 5.91 Å². The molecule has 116 valence electrons. The van der Waals surface area contributed by atoms with Crippen molar-refractivity contribution in [2.45, 2.75) is 25.3 Å². The number of pyridine rings is 1. The molecule has 0 unspecified atom stereocenters. The van der Waals surface area contributed by atoms with Gasteiger partial charge in [0.1, 0.15) is 12.0 Å². The van der Waals surface area contributed by atoms with Gasteiger partial charge >= 0.3 is 0 Å². The van der Waals surface area contributed by atoms with E-state index in [9.17, 15) is 13.2 Å². The van der Waals surface area contributed by atoms with Crippen molar-refractivity contribution in [2.24, 2.45) is 10.1 Å². The van der Waals surface area contributed by atoms with Gasteiger partial charge in [0.25, 0.3) is 10.0 Å². The molecule has 2 rings (SSSR count). The number of nitrogens with zero attached hydrogens (tertiary/aromatic N) is 2. The minimum atomic E-state index is -3.85. The monoisotopic (exact) mass is 319 g/mol. The van der Waals surface area contributed by atoms with Crippen LogP contribution in [0.3, 0.4) is 0 Å². The Kier molecular flexibility index (Phi) is 4.46. The van der Waals surface area contributed by atoms with Crippen LogP contribution < -0.4 is 11.2 Å². The third-order valence-electron chi connectivity index (χ3n) is 3.13. The van der Waals surface area contributed by atoms with Crippen molar-refractivity contribution in [3.63, 3.8) is 0 Å². The van der Waals surface area contributed by atoms with Crippen LogP contribution >= 0.6 is 0 Å². The van der Waals surface area contributed by atoms with E-state index < -0.39 is 15.9 Å². The summed E-state index contributed by atoms with van der Waals surface area (Å²) in [6, 6.07) is 11.4. The van der Waals surface area contributed by atoms with Gasteiger partial charge in [0.05, 0.1) is 4.90 Å². The van der Waals surface area contributed by atoms with Gasteiger partial charge in [-0.3, -0.25) is 4.79 Å². The van der Waals surface area contributed by atoms with E-state index in [0.29, 0.717) is 5.69 Å². The van der Waals surface area contributed by atoms with Gasteiger partial charge in [-0.1, -0.05) is 23.8 Å². The van der Waals surface area contributed by atoms with E-state index >= 15 is 0 Å². The molecule has 2 N–H and O–H groups in total. The molecule has 0 saturated heterocycles. The highest BCUT2D eigenvalue weighted by Crippen LogP contribution is 2.12. The predicted molar refractivity (Wildman–Crippen MR) is 82.3 cm³/mol. The van der Waals surface area contributed by atoms with Crippen molar-refractivity contribution in [3.05, 3.63) is 59.2 Å². The summed E-state index contributed by atoms with van der Waals surface area (Å²) in [6.45, 7) is 3.49. The average molecular weight is 319 g/mol. The molecule has 7 heteroatoms. The lowest BCUT2D eigenvalue weighted by Crippen LogP contribution is -2.30. The molecule has 22 heavy (non-hydrogen) atoms. The van der Waals surface area contributed by atoms with Gasteiger partial charge in [-0.25, -0.2) is 0 Å². The first-order valence-corrected chi connectivity index (χ1v) is 8.06. The molecule has 0 aliphatic rings. The molecule has 0 bridgehead atoms. The Bertz CT molecular complexity index is 866. The second-order valence-corrected chi connectivity index (χ2v) is 6.56. The SMILES string of the molecule is Cc1ccc(S(=O)(=O)N=c2cccc(C)n2CC(N)=O)cc1. The van der Waals surface area contributed by atoms with E-state index in [0.717, 1.165) is 5.56 Å². The van der Waals surface area contributed by atoms with E-state index in [4.69, 9.17) is 5.73 Å². The Balaban J connectivity index is 2.59. The highest BCUT2D eigenvalue weighted by atomic mass is 32.2. The van der Waals surface area contributed by atoms with E-state index in [2.05, 4.69) is 4.40 Å². The number of rotatable bonds is 4. The number of benzene rings is 1. The number of hydrogen-bond acceptors (Lipinski definition) is 3. The molecule has 1 aromatic carbocycles. The lowest BCUT2D eigenvalue weighted by Gasteiger charge is -2.09. The third-order valence-corrected chi connectivity index (χ3v) is 4.43. The molecule has 0 aliphatic heterocycles. The molecule has 1 heterocycles. The van der Waals surface area contributed by atoms with Crippen LogP contribution in [0.15, 0.2) is 51.8 Å². The molecule has 0 saturated carbocycles. The van der Waals surface area contributed by atoms with Crippen molar-refractivity contribution < 1.29 is 13.2 Å². The lowest BCUT2D eigenvalue weighted by molar-refractivity contribution is -0.118. The highest BCUT2D eigenvalue weighted by molar-refractivity contribution is 7.90. The van der Waals surface area contributed by atoms with Gasteiger partial charge in [-0.05, 0) is 38.1 Å². The van der Waals surface area contributed by atoms with E-state index in [1.54, 1.807) is 31.2 Å². The van der Waals surface area contributed by atoms with Crippen LogP contribution in [0.25, 0.3) is 0 Å². The number of carbonyl (C=O) groups excluding carboxylic acids is 1. The Morgan fingerprint density at radius 1 is 1.14 bits per heavy atom. The van der Waals surface area contributed by atoms with Crippen LogP contribution in [-0.2, 0) is 21.4 Å². The second-order valence-electron chi connectivity index (χ2n) is 4.96. The van der Waals surface area contributed by atoms with E-state index in [1.807, 2.05) is 6.92 Å². The zero-order chi connectivity index (χ0) is 16.3. The number of sulfonamides is 1. The summed E-state index contributed by atoms with van der Waals surface area (Å²) in [5.41, 5.74) is 7.02. The fourth-order valence-corrected chi connectivity index (χ4v) is 2.95. The molecule has 0 radical (unpaired) electrons. The molecule has 6 nitrogen and oxygen atoms in total. The zero-order valence-corrected chi connectivity index (χ0v) is 13.2. The van der Waals surface area contributed by atoms with Crippen LogP contribution in [-0.4, -0.2) is 18.9 Å². The van der Waals surface area contributed by atoms with Gasteiger partial charge in [-0.15, -0.1) is 4.40 Å². The van der Waals surface area contributed by atoms with Gasteiger partial charge in [-0.2, -0.15) is 8.42 Å². The second kappa shape index (κ2) is 6.15. The van der Waals surface area contributed by atoms with Crippen molar-refractivity contribution >= 4 is 15.9 Å². The first-order chi connectivity index (χ1) is 10.3. The minimum absolute atomic E-state index is 0.102. The molecule has 0 atom stereocenters. The van der Waals surface area contributed by atoms with E-state index in [-0.39, 0.29) is 16.9 Å². The molecule has 0 aliphatic carbocycles. The number of amides is 1. The van der Waals surface area contributed by atoms with Gasteiger partial charge < -0.3 is 10.3 Å². The Labute approximate surface area is 129 Å². The Morgan fingerprint density at radius 3 is 2.36 bits per heavy atom. The summed E-state index contributed by atoms with van der Waals surface area (Å²) >= 11 is 0. The smallest absolute Gasteiger partial charge is 0.284 e. The molecular weight excluding hydrogens is 302 g/mol. The quantitative estimate of drug-likeness (QED) is 0.906. The maximum atomic E-state index is 12.4. The molecule has 0 spiro atoms. The fraction of sp³-hybridized carbons (Fsp3) is 0.200. The maximum absolute atomic E-state index is 12.4. The molecule has 1 amide bonds. The number of carbonyl (C=O) groups is 1. The summed E-state index contributed by atoms with van der Waals surface area (Å²) < 4.78 is 30.0. The average Bonchev–Trinajstić information content (AvgIpc) is 2.42. The van der Waals surface area contributed by atoms with E-state index in [1.165, 1.54) is 22.8 Å². The molecule has 2 aromatic rings. The Morgan fingerprint density at radius 2 is 1.77 bits per heavy atom. The van der Waals surface area contributed by atoms with Crippen molar-refractivity contribution in [3.8, 4) is 0 Å². The van der Waals surface area contributed by atoms with Crippen LogP contribution in [0.1, 0.15) is 11.3 Å². The molecular formula is C15H17N3O3S. The third kappa shape index (κ3) is 3.62. The maximum Gasteiger partial charge on any atom is 0.284 e. The summed E-state index contributed by atoms with van der Waals surface area (Å²) in [5, 5.41) is 0. The topological polar surface area (TPSA) is 94.5 Å². The number of aryl methyl sites for hydroxylation is 2. The standard InChI is InChI=1S/C15H17N3O3S/c1-11-6-8-13(9-7-11)22(20,21)17-15-5-3-4-12(2)18(15)10-14(16)19/h3-9H,10H2,1-2H3,(H2,16,19). The summed E-state index contributed by atoms with van der Waals surface area (Å²) in [4.78, 5) is 11.3. The lowest BCUT2D eigenvalue weighted by atomic mass is 10.2. The van der Waals surface area contributed by atoms with Crippen molar-refractivity contribution in [2.75, 3.05) is 0 Å². The normalized spacial score (nSPS) is 12.4. The summed E-state index contributed by atoms with van der Waals surface area (Å²) in [5.74, 6) is -0.566. The number of hydrogen-bond donors (Lipinski definition) is 1. The summed E-state index contributed by atoms with van der Waals surface area (Å²) in [6.07, 6.45) is 0. The van der Waals surface area contributed by atoms with Gasteiger partial charge in [0.15, 0.2) is 0 Å². The number of primary amides is 1. The molecule has 1 aromatic heterocycles. The van der Waals surface area contributed by atoms with Crippen LogP contribution in [0.4, 0.5) is 0 Å². The number of aromatic nitrogens is 1. The molecule has 0 fully saturated rings. The zero-order valence-electron chi connectivity index (χ0n) is 12.4. The van der Waals surface area contributed by atoms with Crippen LogP contribution in [0.5, 0.6) is 0 Å². The largest absolute Gasteiger partial charge is 0.368 e. The highest BCUT2D eigenvalue weighted by Gasteiger charge is 2.13. The first kappa shape index (κ1) is 16.0. The van der Waals surface area contributed by atoms with Crippen LogP contribution in [0, 0.1) is 13.8 Å². The van der Waals surface area contributed by atoms with Crippen LogP contribution in [0.2, 0.25) is 0 Å².